The number of hydrogen-bond acceptors (Lipinski definition) is 4. The van der Waals surface area contributed by atoms with E-state index in [9.17, 15) is 9.59 Å². The predicted molar refractivity (Wildman–Crippen MR) is 143 cm³/mol. The molecule has 0 unspecified atom stereocenters. The zero-order chi connectivity index (χ0) is 25.4. The summed E-state index contributed by atoms with van der Waals surface area (Å²) >= 11 is 0. The molecule has 0 saturated heterocycles. The molecule has 0 aliphatic carbocycles. The summed E-state index contributed by atoms with van der Waals surface area (Å²) < 4.78 is 7.49. The lowest BCUT2D eigenvalue weighted by Gasteiger charge is -2.22. The van der Waals surface area contributed by atoms with Gasteiger partial charge in [-0.05, 0) is 56.7 Å². The summed E-state index contributed by atoms with van der Waals surface area (Å²) in [7, 11) is 1.97. The Hall–Kier alpha value is -4.39. The predicted octanol–water partition coefficient (Wildman–Crippen LogP) is 5.30. The van der Waals surface area contributed by atoms with Crippen LogP contribution in [-0.2, 0) is 21.4 Å². The van der Waals surface area contributed by atoms with E-state index in [0.29, 0.717) is 5.84 Å². The molecule has 2 aromatic heterocycles. The van der Waals surface area contributed by atoms with Crippen molar-refractivity contribution in [3.05, 3.63) is 83.8 Å². The van der Waals surface area contributed by atoms with Crippen LogP contribution in [0.4, 0.5) is 0 Å². The third-order valence-corrected chi connectivity index (χ3v) is 5.94. The summed E-state index contributed by atoms with van der Waals surface area (Å²) in [6.07, 6.45) is 9.32. The van der Waals surface area contributed by atoms with Crippen molar-refractivity contribution in [2.45, 2.75) is 26.4 Å². The molecule has 0 fully saturated rings. The molecular formula is C29H28N4O3. The smallest absolute Gasteiger partial charge is 0.326 e. The van der Waals surface area contributed by atoms with Crippen molar-refractivity contribution < 1.29 is 14.3 Å². The first-order valence-electron chi connectivity index (χ1n) is 11.8. The number of ether oxygens (including phenoxy) is 1. The first-order chi connectivity index (χ1) is 17.2. The number of H-pyrrole nitrogens is 1. The Morgan fingerprint density at radius 3 is 2.53 bits per heavy atom. The van der Waals surface area contributed by atoms with Crippen LogP contribution in [0.1, 0.15) is 31.9 Å². The molecule has 182 valence electrons. The van der Waals surface area contributed by atoms with Crippen LogP contribution in [0.3, 0.4) is 0 Å². The van der Waals surface area contributed by atoms with Gasteiger partial charge >= 0.3 is 5.97 Å². The minimum Gasteiger partial charge on any atom is -0.459 e. The van der Waals surface area contributed by atoms with E-state index in [2.05, 4.69) is 9.98 Å². The van der Waals surface area contributed by atoms with E-state index >= 15 is 0 Å². The maximum atomic E-state index is 13.4. The molecule has 1 N–H and O–H groups in total. The number of aliphatic imine (C=N–C) groups is 1. The Labute approximate surface area is 209 Å². The number of carbonyl (C=O) groups excluding carboxylic acids is 2. The van der Waals surface area contributed by atoms with Crippen LogP contribution in [0, 0.1) is 0 Å². The number of para-hydroxylation sites is 2. The molecule has 1 aliphatic heterocycles. The second kappa shape index (κ2) is 9.00. The van der Waals surface area contributed by atoms with Crippen molar-refractivity contribution in [2.24, 2.45) is 12.0 Å². The van der Waals surface area contributed by atoms with Gasteiger partial charge in [-0.1, -0.05) is 36.4 Å². The fourth-order valence-electron chi connectivity index (χ4n) is 4.38. The van der Waals surface area contributed by atoms with Crippen molar-refractivity contribution in [1.82, 2.24) is 14.5 Å². The molecular weight excluding hydrogens is 452 g/mol. The minimum absolute atomic E-state index is 0.222. The van der Waals surface area contributed by atoms with Gasteiger partial charge in [0.15, 0.2) is 0 Å². The summed E-state index contributed by atoms with van der Waals surface area (Å²) in [6, 6.07) is 16.0. The molecule has 7 nitrogen and oxygen atoms in total. The summed E-state index contributed by atoms with van der Waals surface area (Å²) in [5.41, 5.74) is 3.54. The van der Waals surface area contributed by atoms with Crippen molar-refractivity contribution in [3.63, 3.8) is 0 Å². The molecule has 0 saturated carbocycles. The Bertz CT molecular complexity index is 1580. The maximum Gasteiger partial charge on any atom is 0.326 e. The lowest BCUT2D eigenvalue weighted by molar-refractivity contribution is -0.156. The Kier molecular flexibility index (Phi) is 5.84. The first kappa shape index (κ1) is 23.4. The van der Waals surface area contributed by atoms with Crippen LogP contribution in [0.2, 0.25) is 0 Å². The van der Waals surface area contributed by atoms with Gasteiger partial charge in [0.25, 0.3) is 5.91 Å². The van der Waals surface area contributed by atoms with E-state index < -0.39 is 11.6 Å². The highest BCUT2D eigenvalue weighted by Crippen LogP contribution is 2.26. The molecule has 1 amide bonds. The Morgan fingerprint density at radius 2 is 1.75 bits per heavy atom. The summed E-state index contributed by atoms with van der Waals surface area (Å²) in [6.45, 7) is 5.18. The van der Waals surface area contributed by atoms with Crippen molar-refractivity contribution in [3.8, 4) is 0 Å². The fourth-order valence-corrected chi connectivity index (χ4v) is 4.38. The van der Waals surface area contributed by atoms with Gasteiger partial charge in [0, 0.05) is 46.8 Å². The van der Waals surface area contributed by atoms with E-state index in [1.807, 2.05) is 78.6 Å². The standard InChI is InChI=1S/C29H28N4O3/c1-29(2,3)36-27(34)18-33-26(14-13-19-16-30-23-11-7-5-9-21(19)23)31-24(28(33)35)15-20-17-32(4)25-12-8-6-10-22(20)25/h5-17,30H,18H2,1-4H3/b14-13+,24-15-. The van der Waals surface area contributed by atoms with Gasteiger partial charge in [-0.15, -0.1) is 0 Å². The summed E-state index contributed by atoms with van der Waals surface area (Å²) in [5.74, 6) is -0.439. The SMILES string of the molecule is Cn1cc(/C=C2N=C(/C=C/c3c[nH]c4ccccc34)N(CC(=O)OC(C)(C)C)C\2=O)c2ccccc21. The van der Waals surface area contributed by atoms with E-state index in [-0.39, 0.29) is 18.1 Å². The molecule has 0 atom stereocenters. The third-order valence-electron chi connectivity index (χ3n) is 5.94. The number of aromatic amines is 1. The molecule has 7 heteroatoms. The average Bonchev–Trinajstić information content (AvgIpc) is 3.47. The molecule has 2 aromatic carbocycles. The maximum absolute atomic E-state index is 13.4. The molecule has 1 aliphatic rings. The van der Waals surface area contributed by atoms with Crippen LogP contribution in [0.15, 0.2) is 77.7 Å². The van der Waals surface area contributed by atoms with Gasteiger partial charge in [-0.25, -0.2) is 4.99 Å². The second-order valence-electron chi connectivity index (χ2n) is 9.81. The van der Waals surface area contributed by atoms with Gasteiger partial charge in [0.2, 0.25) is 0 Å². The molecule has 5 rings (SSSR count). The minimum atomic E-state index is -0.654. The zero-order valence-corrected chi connectivity index (χ0v) is 20.8. The van der Waals surface area contributed by atoms with Crippen LogP contribution >= 0.6 is 0 Å². The number of hydrogen-bond donors (Lipinski definition) is 1. The molecule has 36 heavy (non-hydrogen) atoms. The van der Waals surface area contributed by atoms with Gasteiger partial charge in [-0.3, -0.25) is 14.5 Å². The number of carbonyl (C=O) groups is 2. The zero-order valence-electron chi connectivity index (χ0n) is 20.8. The van der Waals surface area contributed by atoms with Crippen LogP contribution < -0.4 is 0 Å². The number of fused-ring (bicyclic) bond motifs is 2. The molecule has 0 radical (unpaired) electrons. The lowest BCUT2D eigenvalue weighted by atomic mass is 10.1. The number of benzene rings is 2. The summed E-state index contributed by atoms with van der Waals surface area (Å²) in [5, 5.41) is 2.08. The number of esters is 1. The number of amides is 1. The monoisotopic (exact) mass is 480 g/mol. The van der Waals surface area contributed by atoms with Crippen LogP contribution in [0.5, 0.6) is 0 Å². The number of rotatable bonds is 5. The van der Waals surface area contributed by atoms with Crippen molar-refractivity contribution in [1.29, 1.82) is 0 Å². The highest BCUT2D eigenvalue weighted by Gasteiger charge is 2.32. The number of nitrogens with zero attached hydrogens (tertiary/aromatic N) is 3. The Balaban J connectivity index is 1.52. The van der Waals surface area contributed by atoms with Gasteiger partial charge in [-0.2, -0.15) is 0 Å². The molecule has 0 spiro atoms. The molecule has 0 bridgehead atoms. The highest BCUT2D eigenvalue weighted by atomic mass is 16.6. The summed E-state index contributed by atoms with van der Waals surface area (Å²) in [4.78, 5) is 35.3. The van der Waals surface area contributed by atoms with Crippen molar-refractivity contribution in [2.75, 3.05) is 6.54 Å². The lowest BCUT2D eigenvalue weighted by Crippen LogP contribution is -2.39. The third kappa shape index (κ3) is 4.60. The highest BCUT2D eigenvalue weighted by molar-refractivity contribution is 6.20. The molecule has 3 heterocycles. The fraction of sp³-hybridized carbons (Fsp3) is 0.207. The number of aromatic nitrogens is 2. The van der Waals surface area contributed by atoms with E-state index in [4.69, 9.17) is 4.74 Å². The van der Waals surface area contributed by atoms with Crippen LogP contribution in [0.25, 0.3) is 34.0 Å². The number of amidine groups is 1. The first-order valence-corrected chi connectivity index (χ1v) is 11.8. The quantitative estimate of drug-likeness (QED) is 0.311. The van der Waals surface area contributed by atoms with E-state index in [1.165, 1.54) is 4.90 Å². The Morgan fingerprint density at radius 1 is 1.03 bits per heavy atom. The molecule has 4 aromatic rings. The van der Waals surface area contributed by atoms with Crippen molar-refractivity contribution >= 4 is 51.7 Å². The van der Waals surface area contributed by atoms with E-state index in [0.717, 1.165) is 32.9 Å². The topological polar surface area (TPSA) is 79.7 Å². The second-order valence-corrected chi connectivity index (χ2v) is 9.81. The largest absolute Gasteiger partial charge is 0.459 e. The normalized spacial score (nSPS) is 15.6. The number of aryl methyl sites for hydroxylation is 1. The van der Waals surface area contributed by atoms with Crippen LogP contribution in [-0.4, -0.2) is 44.3 Å². The van der Waals surface area contributed by atoms with E-state index in [1.54, 1.807) is 32.9 Å². The number of nitrogens with one attached hydrogen (secondary N) is 1. The average molecular weight is 481 g/mol. The van der Waals surface area contributed by atoms with Gasteiger partial charge in [0.1, 0.15) is 23.7 Å². The van der Waals surface area contributed by atoms with Gasteiger partial charge in [0.05, 0.1) is 0 Å². The van der Waals surface area contributed by atoms with Gasteiger partial charge < -0.3 is 14.3 Å².